The zero-order valence-electron chi connectivity index (χ0n) is 10.6. The molecule has 0 aliphatic heterocycles. The summed E-state index contributed by atoms with van der Waals surface area (Å²) in [6.45, 7) is 1.81. The van der Waals surface area contributed by atoms with E-state index < -0.39 is 10.0 Å². The van der Waals surface area contributed by atoms with Gasteiger partial charge >= 0.3 is 0 Å². The number of rotatable bonds is 6. The molecule has 4 nitrogen and oxygen atoms in total. The molecule has 0 heterocycles. The van der Waals surface area contributed by atoms with Crippen molar-refractivity contribution >= 4 is 21.8 Å². The van der Waals surface area contributed by atoms with Crippen molar-refractivity contribution in [2.75, 3.05) is 12.9 Å². The molecular formula is C11H23NO3S2. The molecule has 1 aliphatic rings. The van der Waals surface area contributed by atoms with Gasteiger partial charge in [-0.3, -0.25) is 0 Å². The van der Waals surface area contributed by atoms with E-state index in [9.17, 15) is 8.42 Å². The fourth-order valence-electron chi connectivity index (χ4n) is 2.24. The summed E-state index contributed by atoms with van der Waals surface area (Å²) in [6, 6.07) is -0.220. The van der Waals surface area contributed by atoms with Gasteiger partial charge in [-0.25, -0.2) is 13.1 Å². The molecule has 102 valence electrons. The maximum atomic E-state index is 12.1. The van der Waals surface area contributed by atoms with Crippen LogP contribution in [0.15, 0.2) is 0 Å². The lowest BCUT2D eigenvalue weighted by atomic mass is 10.0. The second kappa shape index (κ2) is 6.97. The Morgan fingerprint density at radius 3 is 2.41 bits per heavy atom. The molecule has 1 saturated carbocycles. The van der Waals surface area contributed by atoms with Crippen molar-refractivity contribution in [3.63, 3.8) is 0 Å². The van der Waals surface area contributed by atoms with Crippen LogP contribution in [0.4, 0.5) is 0 Å². The van der Waals surface area contributed by atoms with Gasteiger partial charge in [-0.1, -0.05) is 19.3 Å². The first-order valence-electron chi connectivity index (χ1n) is 6.16. The van der Waals surface area contributed by atoms with Crippen molar-refractivity contribution in [2.45, 2.75) is 55.6 Å². The van der Waals surface area contributed by atoms with E-state index in [1.807, 2.05) is 13.2 Å². The van der Waals surface area contributed by atoms with Gasteiger partial charge in [0, 0.05) is 11.3 Å². The predicted molar refractivity (Wildman–Crippen MR) is 72.8 cm³/mol. The summed E-state index contributed by atoms with van der Waals surface area (Å²) in [7, 11) is -3.22. The number of nitrogens with one attached hydrogen (secondary N) is 1. The SMILES string of the molecule is CSC(CO)C(C)NS(=O)(=O)C1CCCCC1. The average Bonchev–Trinajstić information content (AvgIpc) is 2.31. The Morgan fingerprint density at radius 1 is 1.35 bits per heavy atom. The minimum Gasteiger partial charge on any atom is -0.395 e. The van der Waals surface area contributed by atoms with Crippen LogP contribution in [0, 0.1) is 0 Å². The maximum Gasteiger partial charge on any atom is 0.214 e. The van der Waals surface area contributed by atoms with Crippen LogP contribution in [-0.2, 0) is 10.0 Å². The number of thioether (sulfide) groups is 1. The molecule has 0 saturated heterocycles. The van der Waals surface area contributed by atoms with Gasteiger partial charge in [-0.05, 0) is 26.0 Å². The highest BCUT2D eigenvalue weighted by Crippen LogP contribution is 2.24. The van der Waals surface area contributed by atoms with Crippen molar-refractivity contribution in [3.05, 3.63) is 0 Å². The third-order valence-electron chi connectivity index (χ3n) is 3.38. The van der Waals surface area contributed by atoms with Crippen LogP contribution < -0.4 is 4.72 Å². The number of hydrogen-bond acceptors (Lipinski definition) is 4. The molecule has 0 aromatic carbocycles. The zero-order chi connectivity index (χ0) is 12.9. The van der Waals surface area contributed by atoms with Crippen molar-refractivity contribution < 1.29 is 13.5 Å². The van der Waals surface area contributed by atoms with E-state index in [0.717, 1.165) is 32.1 Å². The van der Waals surface area contributed by atoms with Crippen LogP contribution in [0.2, 0.25) is 0 Å². The van der Waals surface area contributed by atoms with Crippen LogP contribution >= 0.6 is 11.8 Å². The highest BCUT2D eigenvalue weighted by molar-refractivity contribution is 7.99. The highest BCUT2D eigenvalue weighted by atomic mass is 32.2. The van der Waals surface area contributed by atoms with Gasteiger partial charge in [0.15, 0.2) is 0 Å². The molecule has 6 heteroatoms. The van der Waals surface area contributed by atoms with Crippen molar-refractivity contribution in [2.24, 2.45) is 0 Å². The Labute approximate surface area is 109 Å². The van der Waals surface area contributed by atoms with Gasteiger partial charge in [0.2, 0.25) is 10.0 Å². The van der Waals surface area contributed by atoms with Crippen molar-refractivity contribution in [1.82, 2.24) is 4.72 Å². The van der Waals surface area contributed by atoms with Crippen molar-refractivity contribution in [1.29, 1.82) is 0 Å². The molecule has 1 fully saturated rings. The van der Waals surface area contributed by atoms with Gasteiger partial charge in [0.05, 0.1) is 11.9 Å². The van der Waals surface area contributed by atoms with Gasteiger partial charge in [0.1, 0.15) is 0 Å². The number of sulfonamides is 1. The summed E-state index contributed by atoms with van der Waals surface area (Å²) in [6.07, 6.45) is 6.58. The van der Waals surface area contributed by atoms with Gasteiger partial charge < -0.3 is 5.11 Å². The van der Waals surface area contributed by atoms with E-state index >= 15 is 0 Å². The summed E-state index contributed by atoms with van der Waals surface area (Å²) >= 11 is 1.49. The first kappa shape index (κ1) is 15.3. The summed E-state index contributed by atoms with van der Waals surface area (Å²) in [4.78, 5) is 0. The Hall–Kier alpha value is 0.220. The van der Waals surface area contributed by atoms with Crippen LogP contribution in [0.3, 0.4) is 0 Å². The minimum absolute atomic E-state index is 0.00444. The number of hydrogen-bond donors (Lipinski definition) is 2. The van der Waals surface area contributed by atoms with E-state index in [1.165, 1.54) is 11.8 Å². The second-order valence-corrected chi connectivity index (χ2v) is 7.74. The quantitative estimate of drug-likeness (QED) is 0.771. The largest absolute Gasteiger partial charge is 0.395 e. The third kappa shape index (κ3) is 4.43. The van der Waals surface area contributed by atoms with E-state index in [-0.39, 0.29) is 23.1 Å². The molecule has 0 spiro atoms. The first-order valence-corrected chi connectivity index (χ1v) is 8.99. The molecule has 2 atom stereocenters. The van der Waals surface area contributed by atoms with E-state index in [1.54, 1.807) is 0 Å². The molecule has 1 rings (SSSR count). The van der Waals surface area contributed by atoms with Crippen LogP contribution in [0.25, 0.3) is 0 Å². The van der Waals surface area contributed by atoms with Gasteiger partial charge in [-0.15, -0.1) is 0 Å². The van der Waals surface area contributed by atoms with Crippen LogP contribution in [-0.4, -0.2) is 42.9 Å². The van der Waals surface area contributed by atoms with E-state index in [0.29, 0.717) is 0 Å². The Morgan fingerprint density at radius 2 is 1.94 bits per heavy atom. The second-order valence-electron chi connectivity index (χ2n) is 4.67. The van der Waals surface area contributed by atoms with Crippen LogP contribution in [0.5, 0.6) is 0 Å². The molecule has 2 unspecified atom stereocenters. The standard InChI is InChI=1S/C11H23NO3S2/c1-9(11(8-13)16-2)12-17(14,15)10-6-4-3-5-7-10/h9-13H,3-8H2,1-2H3. The molecule has 1 aliphatic carbocycles. The monoisotopic (exact) mass is 281 g/mol. The van der Waals surface area contributed by atoms with Gasteiger partial charge in [-0.2, -0.15) is 11.8 Å². The summed E-state index contributed by atoms with van der Waals surface area (Å²) in [5.41, 5.74) is 0. The molecule has 0 bridgehead atoms. The molecule has 0 aromatic heterocycles. The number of aliphatic hydroxyl groups excluding tert-OH is 1. The third-order valence-corrected chi connectivity index (χ3v) is 6.59. The first-order chi connectivity index (χ1) is 8.01. The predicted octanol–water partition coefficient (Wildman–Crippen LogP) is 1.35. The fourth-order valence-corrected chi connectivity index (χ4v) is 4.78. The van der Waals surface area contributed by atoms with E-state index in [4.69, 9.17) is 5.11 Å². The molecule has 2 N–H and O–H groups in total. The Balaban J connectivity index is 2.58. The highest BCUT2D eigenvalue weighted by Gasteiger charge is 2.30. The molecule has 0 amide bonds. The lowest BCUT2D eigenvalue weighted by molar-refractivity contribution is 0.282. The Kier molecular flexibility index (Phi) is 6.26. The minimum atomic E-state index is -3.22. The van der Waals surface area contributed by atoms with E-state index in [2.05, 4.69) is 4.72 Å². The molecule has 0 aromatic rings. The van der Waals surface area contributed by atoms with Crippen LogP contribution in [0.1, 0.15) is 39.0 Å². The fraction of sp³-hybridized carbons (Fsp3) is 1.00. The lowest BCUT2D eigenvalue weighted by Crippen LogP contribution is -2.45. The lowest BCUT2D eigenvalue weighted by Gasteiger charge is -2.26. The summed E-state index contributed by atoms with van der Waals surface area (Å²) in [5, 5.41) is 8.84. The normalized spacial score (nSPS) is 22.3. The average molecular weight is 281 g/mol. The van der Waals surface area contributed by atoms with Gasteiger partial charge in [0.25, 0.3) is 0 Å². The zero-order valence-corrected chi connectivity index (χ0v) is 12.2. The number of aliphatic hydroxyl groups is 1. The molecule has 17 heavy (non-hydrogen) atoms. The smallest absolute Gasteiger partial charge is 0.214 e. The Bertz CT molecular complexity index is 309. The molecule has 0 radical (unpaired) electrons. The summed E-state index contributed by atoms with van der Waals surface area (Å²) < 4.78 is 27.0. The topological polar surface area (TPSA) is 66.4 Å². The molecular weight excluding hydrogens is 258 g/mol. The summed E-state index contributed by atoms with van der Waals surface area (Å²) in [5.74, 6) is 0. The maximum absolute atomic E-state index is 12.1. The van der Waals surface area contributed by atoms with Crippen molar-refractivity contribution in [3.8, 4) is 0 Å².